The number of amides is 1. The second kappa shape index (κ2) is 8.51. The molecule has 0 radical (unpaired) electrons. The van der Waals surface area contributed by atoms with Crippen LogP contribution in [0.1, 0.15) is 16.1 Å². The lowest BCUT2D eigenvalue weighted by Crippen LogP contribution is -2.30. The molecule has 1 amide bonds. The molecule has 10 nitrogen and oxygen atoms in total. The fourth-order valence-corrected chi connectivity index (χ4v) is 2.03. The van der Waals surface area contributed by atoms with Gasteiger partial charge in [0.2, 0.25) is 0 Å². The first-order valence-electron chi connectivity index (χ1n) is 7.41. The number of benzene rings is 1. The maximum atomic E-state index is 11.8. The van der Waals surface area contributed by atoms with E-state index >= 15 is 0 Å². The van der Waals surface area contributed by atoms with Crippen LogP contribution in [0.2, 0.25) is 0 Å². The molecule has 0 spiro atoms. The second-order valence-corrected chi connectivity index (χ2v) is 5.04. The number of methoxy groups -OCH3 is 2. The molecule has 2 aromatic rings. The van der Waals surface area contributed by atoms with Gasteiger partial charge in [-0.15, -0.1) is 0 Å². The lowest BCUT2D eigenvalue weighted by Gasteiger charge is -2.10. The highest BCUT2D eigenvalue weighted by molar-refractivity contribution is 5.89. The van der Waals surface area contributed by atoms with Gasteiger partial charge in [0.15, 0.2) is 18.1 Å². The van der Waals surface area contributed by atoms with Crippen LogP contribution in [-0.4, -0.2) is 42.7 Å². The number of carbonyl (C=O) groups is 2. The van der Waals surface area contributed by atoms with Crippen molar-refractivity contribution in [1.82, 2.24) is 15.3 Å². The van der Waals surface area contributed by atoms with Gasteiger partial charge in [0.05, 0.1) is 14.2 Å². The summed E-state index contributed by atoms with van der Waals surface area (Å²) in [6, 6.07) is 6.01. The van der Waals surface area contributed by atoms with Gasteiger partial charge in [-0.25, -0.2) is 9.59 Å². The van der Waals surface area contributed by atoms with Crippen molar-refractivity contribution >= 4 is 11.9 Å². The summed E-state index contributed by atoms with van der Waals surface area (Å²) in [5.41, 5.74) is -1.19. The van der Waals surface area contributed by atoms with Crippen LogP contribution in [0.25, 0.3) is 0 Å². The Morgan fingerprint density at radius 2 is 1.77 bits per heavy atom. The van der Waals surface area contributed by atoms with Gasteiger partial charge in [-0.3, -0.25) is 14.6 Å². The van der Waals surface area contributed by atoms with Crippen molar-refractivity contribution in [3.8, 4) is 11.5 Å². The first-order valence-corrected chi connectivity index (χ1v) is 7.41. The van der Waals surface area contributed by atoms with Gasteiger partial charge >= 0.3 is 11.7 Å². The third-order valence-corrected chi connectivity index (χ3v) is 3.25. The first kappa shape index (κ1) is 18.8. The Morgan fingerprint density at radius 3 is 2.42 bits per heavy atom. The van der Waals surface area contributed by atoms with Crippen LogP contribution in [-0.2, 0) is 16.1 Å². The first-order chi connectivity index (χ1) is 12.4. The third kappa shape index (κ3) is 4.97. The number of H-pyrrole nitrogens is 2. The summed E-state index contributed by atoms with van der Waals surface area (Å²) in [6.45, 7) is -0.389. The minimum absolute atomic E-state index is 0.179. The smallest absolute Gasteiger partial charge is 0.355 e. The highest BCUT2D eigenvalue weighted by atomic mass is 16.5. The van der Waals surface area contributed by atoms with E-state index in [0.29, 0.717) is 11.5 Å². The normalized spacial score (nSPS) is 10.1. The molecule has 2 rings (SSSR count). The van der Waals surface area contributed by atoms with E-state index in [1.165, 1.54) is 14.2 Å². The van der Waals surface area contributed by atoms with E-state index < -0.39 is 29.7 Å². The van der Waals surface area contributed by atoms with Crippen molar-refractivity contribution in [1.29, 1.82) is 0 Å². The van der Waals surface area contributed by atoms with E-state index in [0.717, 1.165) is 11.6 Å². The fraction of sp³-hybridized carbons (Fsp3) is 0.250. The predicted molar refractivity (Wildman–Crippen MR) is 89.4 cm³/mol. The molecule has 0 bridgehead atoms. The topological polar surface area (TPSA) is 140 Å². The lowest BCUT2D eigenvalue weighted by atomic mass is 10.2. The zero-order chi connectivity index (χ0) is 19.1. The van der Waals surface area contributed by atoms with Crippen molar-refractivity contribution in [3.63, 3.8) is 0 Å². The second-order valence-electron chi connectivity index (χ2n) is 5.04. The molecule has 0 aliphatic carbocycles. The molecule has 138 valence electrons. The number of carbonyl (C=O) groups excluding carboxylic acids is 2. The summed E-state index contributed by atoms with van der Waals surface area (Å²) in [4.78, 5) is 49.8. The van der Waals surface area contributed by atoms with E-state index in [9.17, 15) is 19.2 Å². The zero-order valence-electron chi connectivity index (χ0n) is 14.1. The Kier molecular flexibility index (Phi) is 6.15. The zero-order valence-corrected chi connectivity index (χ0v) is 14.1. The third-order valence-electron chi connectivity index (χ3n) is 3.25. The van der Waals surface area contributed by atoms with Crippen molar-refractivity contribution in [2.75, 3.05) is 20.8 Å². The number of aromatic nitrogens is 2. The average Bonchev–Trinajstić information content (AvgIpc) is 2.63. The van der Waals surface area contributed by atoms with Crippen LogP contribution in [0.5, 0.6) is 11.5 Å². The molecule has 1 aromatic heterocycles. The molecule has 0 saturated heterocycles. The van der Waals surface area contributed by atoms with Crippen LogP contribution >= 0.6 is 0 Å². The van der Waals surface area contributed by atoms with Crippen LogP contribution in [0.15, 0.2) is 33.9 Å². The number of rotatable bonds is 7. The molecule has 0 unspecified atom stereocenters. The molecule has 1 aromatic carbocycles. The molecule has 0 aliphatic heterocycles. The summed E-state index contributed by atoms with van der Waals surface area (Å²) in [5.74, 6) is -0.470. The number of nitrogens with one attached hydrogen (secondary N) is 3. The standard InChI is InChI=1S/C16H17N3O7/c1-24-11-4-3-9(5-12(11)25-2)7-17-14(21)8-26-15(22)10-6-13(20)19-16(23)18-10/h3-6H,7-8H2,1-2H3,(H,17,21)(H2,18,19,20,23). The van der Waals surface area contributed by atoms with E-state index in [1.54, 1.807) is 18.2 Å². The average molecular weight is 363 g/mol. The molecule has 0 atom stereocenters. The SMILES string of the molecule is COc1ccc(CNC(=O)COC(=O)c2cc(=O)[nH]c(=O)[nH]2)cc1OC. The van der Waals surface area contributed by atoms with Crippen molar-refractivity contribution in [3.05, 3.63) is 56.4 Å². The van der Waals surface area contributed by atoms with Gasteiger partial charge < -0.3 is 24.5 Å². The minimum atomic E-state index is -0.991. The van der Waals surface area contributed by atoms with Crippen molar-refractivity contribution < 1.29 is 23.8 Å². The molecule has 1 heterocycles. The van der Waals surface area contributed by atoms with E-state index in [4.69, 9.17) is 14.2 Å². The van der Waals surface area contributed by atoms with E-state index in [1.807, 2.05) is 4.98 Å². The van der Waals surface area contributed by atoms with Gasteiger partial charge in [0.25, 0.3) is 11.5 Å². The Labute approximate surface area is 147 Å². The van der Waals surface area contributed by atoms with Crippen LogP contribution in [0, 0.1) is 0 Å². The van der Waals surface area contributed by atoms with Crippen molar-refractivity contribution in [2.24, 2.45) is 0 Å². The van der Waals surface area contributed by atoms with Crippen LogP contribution < -0.4 is 26.0 Å². The Bertz CT molecular complexity index is 888. The molecular weight excluding hydrogens is 346 g/mol. The number of aromatic amines is 2. The minimum Gasteiger partial charge on any atom is -0.493 e. The van der Waals surface area contributed by atoms with Gasteiger partial charge in [0.1, 0.15) is 5.69 Å². The molecule has 0 aliphatic rings. The summed E-state index contributed by atoms with van der Waals surface area (Å²) >= 11 is 0. The maximum absolute atomic E-state index is 11.8. The maximum Gasteiger partial charge on any atom is 0.355 e. The summed E-state index contributed by atoms with van der Waals surface area (Å²) in [7, 11) is 3.01. The highest BCUT2D eigenvalue weighted by Gasteiger charge is 2.12. The Hall–Kier alpha value is -3.56. The molecule has 0 saturated carbocycles. The fourth-order valence-electron chi connectivity index (χ4n) is 2.03. The van der Waals surface area contributed by atoms with Crippen LogP contribution in [0.4, 0.5) is 0 Å². The Balaban J connectivity index is 1.88. The highest BCUT2D eigenvalue weighted by Crippen LogP contribution is 2.27. The lowest BCUT2D eigenvalue weighted by molar-refractivity contribution is -0.124. The number of esters is 1. The largest absolute Gasteiger partial charge is 0.493 e. The van der Waals surface area contributed by atoms with Gasteiger partial charge in [-0.05, 0) is 17.7 Å². The predicted octanol–water partition coefficient (Wildman–Crippen LogP) is -0.446. The summed E-state index contributed by atoms with van der Waals surface area (Å²) in [5, 5.41) is 2.56. The molecule has 26 heavy (non-hydrogen) atoms. The van der Waals surface area contributed by atoms with Crippen LogP contribution in [0.3, 0.4) is 0 Å². The molecule has 0 fully saturated rings. The van der Waals surface area contributed by atoms with Gasteiger partial charge in [-0.1, -0.05) is 6.07 Å². The van der Waals surface area contributed by atoms with E-state index in [2.05, 4.69) is 10.3 Å². The summed E-state index contributed by atoms with van der Waals surface area (Å²) < 4.78 is 15.0. The summed E-state index contributed by atoms with van der Waals surface area (Å²) in [6.07, 6.45) is 0. The Morgan fingerprint density at radius 1 is 1.04 bits per heavy atom. The van der Waals surface area contributed by atoms with Crippen molar-refractivity contribution in [2.45, 2.75) is 6.54 Å². The monoisotopic (exact) mass is 363 g/mol. The van der Waals surface area contributed by atoms with E-state index in [-0.39, 0.29) is 12.2 Å². The molecule has 3 N–H and O–H groups in total. The van der Waals surface area contributed by atoms with Gasteiger partial charge in [0, 0.05) is 12.6 Å². The molecular formula is C16H17N3O7. The number of ether oxygens (including phenoxy) is 3. The quantitative estimate of drug-likeness (QED) is 0.566. The number of hydrogen-bond acceptors (Lipinski definition) is 7. The molecule has 10 heteroatoms. The van der Waals surface area contributed by atoms with Gasteiger partial charge in [-0.2, -0.15) is 0 Å². The number of hydrogen-bond donors (Lipinski definition) is 3.